The summed E-state index contributed by atoms with van der Waals surface area (Å²) in [7, 11) is 0. The molecule has 0 aliphatic carbocycles. The highest BCUT2D eigenvalue weighted by atomic mass is 19.1. The van der Waals surface area contributed by atoms with Gasteiger partial charge in [-0.1, -0.05) is 18.2 Å². The molecule has 0 fully saturated rings. The first-order valence-corrected chi connectivity index (χ1v) is 9.49. The number of nitrogens with zero attached hydrogens (tertiary/aromatic N) is 1. The van der Waals surface area contributed by atoms with E-state index in [1.807, 2.05) is 30.3 Å². The van der Waals surface area contributed by atoms with E-state index in [1.165, 1.54) is 12.1 Å². The van der Waals surface area contributed by atoms with Gasteiger partial charge < -0.3 is 14.5 Å². The highest BCUT2D eigenvalue weighted by molar-refractivity contribution is 5.90. The molecule has 0 bridgehead atoms. The van der Waals surface area contributed by atoms with Crippen molar-refractivity contribution in [2.24, 2.45) is 0 Å². The lowest BCUT2D eigenvalue weighted by Gasteiger charge is -2.08. The van der Waals surface area contributed by atoms with Crippen LogP contribution in [0.25, 0.3) is 11.3 Å². The molecule has 4 rings (SSSR count). The van der Waals surface area contributed by atoms with Crippen molar-refractivity contribution < 1.29 is 18.3 Å². The van der Waals surface area contributed by atoms with Gasteiger partial charge in [-0.15, -0.1) is 0 Å². The number of nitrogens with one attached hydrogen (secondary N) is 1. The number of oxazole rings is 1. The Morgan fingerprint density at radius 3 is 2.37 bits per heavy atom. The molecule has 0 atom stereocenters. The molecule has 3 aromatic carbocycles. The maximum absolute atomic E-state index is 13.0. The summed E-state index contributed by atoms with van der Waals surface area (Å²) in [5.41, 5.74) is 1.41. The third kappa shape index (κ3) is 5.11. The van der Waals surface area contributed by atoms with Crippen molar-refractivity contribution in [2.75, 3.05) is 5.32 Å². The van der Waals surface area contributed by atoms with Crippen molar-refractivity contribution in [3.63, 3.8) is 0 Å². The van der Waals surface area contributed by atoms with Crippen LogP contribution in [0.15, 0.2) is 89.5 Å². The Morgan fingerprint density at radius 2 is 1.63 bits per heavy atom. The van der Waals surface area contributed by atoms with Crippen molar-refractivity contribution in [3.05, 3.63) is 96.8 Å². The molecular weight excluding hydrogens is 383 g/mol. The number of hydrogen-bond acceptors (Lipinski definition) is 4. The maximum atomic E-state index is 13.0. The Bertz CT molecular complexity index is 1110. The maximum Gasteiger partial charge on any atom is 0.224 e. The number of amides is 1. The number of aryl methyl sites for hydroxylation is 1. The lowest BCUT2D eigenvalue weighted by atomic mass is 10.2. The second kappa shape index (κ2) is 9.05. The summed E-state index contributed by atoms with van der Waals surface area (Å²) >= 11 is 0. The normalized spacial score (nSPS) is 10.6. The molecule has 1 N–H and O–H groups in total. The second-order valence-electron chi connectivity index (χ2n) is 6.61. The molecule has 150 valence electrons. The molecule has 1 heterocycles. The monoisotopic (exact) mass is 402 g/mol. The Morgan fingerprint density at radius 1 is 0.933 bits per heavy atom. The number of hydrogen-bond donors (Lipinski definition) is 1. The fraction of sp³-hybridized carbons (Fsp3) is 0.0833. The second-order valence-corrected chi connectivity index (χ2v) is 6.61. The fourth-order valence-corrected chi connectivity index (χ4v) is 2.85. The number of carbonyl (C=O) groups excluding carboxylic acids is 1. The molecule has 5 nitrogen and oxygen atoms in total. The van der Waals surface area contributed by atoms with Gasteiger partial charge >= 0.3 is 0 Å². The molecule has 0 unspecified atom stereocenters. The molecule has 30 heavy (non-hydrogen) atoms. The summed E-state index contributed by atoms with van der Waals surface area (Å²) in [6, 6.07) is 22.6. The van der Waals surface area contributed by atoms with Gasteiger partial charge in [0.05, 0.1) is 6.20 Å². The molecule has 4 aromatic rings. The third-order valence-electron chi connectivity index (χ3n) is 4.37. The van der Waals surface area contributed by atoms with E-state index in [0.717, 1.165) is 11.3 Å². The Balaban J connectivity index is 1.28. The summed E-state index contributed by atoms with van der Waals surface area (Å²) in [4.78, 5) is 16.4. The smallest absolute Gasteiger partial charge is 0.224 e. The first-order chi connectivity index (χ1) is 14.7. The molecule has 0 spiro atoms. The van der Waals surface area contributed by atoms with E-state index in [9.17, 15) is 9.18 Å². The minimum atomic E-state index is -0.310. The zero-order valence-electron chi connectivity index (χ0n) is 16.0. The number of rotatable bonds is 7. The summed E-state index contributed by atoms with van der Waals surface area (Å²) in [5, 5.41) is 2.84. The first-order valence-electron chi connectivity index (χ1n) is 9.49. The number of carbonyl (C=O) groups is 1. The number of para-hydroxylation sites is 1. The predicted molar refractivity (Wildman–Crippen MR) is 112 cm³/mol. The SMILES string of the molecule is O=C(CCc1ncc(-c2ccc(F)cc2)o1)Nc1ccc(Oc2ccccc2)cc1. The van der Waals surface area contributed by atoms with Gasteiger partial charge in [0.25, 0.3) is 0 Å². The van der Waals surface area contributed by atoms with Gasteiger partial charge in [0.15, 0.2) is 11.7 Å². The Hall–Kier alpha value is -3.93. The molecule has 0 saturated carbocycles. The predicted octanol–water partition coefficient (Wildman–Crippen LogP) is 5.84. The van der Waals surface area contributed by atoms with Crippen LogP contribution in [0.3, 0.4) is 0 Å². The summed E-state index contributed by atoms with van der Waals surface area (Å²) in [6.45, 7) is 0. The molecule has 1 aromatic heterocycles. The molecule has 0 saturated heterocycles. The molecule has 6 heteroatoms. The molecular formula is C24H19FN2O3. The minimum absolute atomic E-state index is 0.145. The highest BCUT2D eigenvalue weighted by Gasteiger charge is 2.10. The van der Waals surface area contributed by atoms with Crippen LogP contribution in [-0.2, 0) is 11.2 Å². The average Bonchev–Trinajstić information content (AvgIpc) is 3.24. The van der Waals surface area contributed by atoms with Gasteiger partial charge in [-0.3, -0.25) is 4.79 Å². The fourth-order valence-electron chi connectivity index (χ4n) is 2.85. The number of anilines is 1. The quantitative estimate of drug-likeness (QED) is 0.421. The lowest BCUT2D eigenvalue weighted by molar-refractivity contribution is -0.116. The standard InChI is InChI=1S/C24H19FN2O3/c25-18-8-6-17(7-9-18)22-16-26-24(30-22)15-14-23(28)27-19-10-12-21(13-11-19)29-20-4-2-1-3-5-20/h1-13,16H,14-15H2,(H,27,28). The number of aromatic nitrogens is 1. The molecule has 0 aliphatic rings. The van der Waals surface area contributed by atoms with Crippen LogP contribution >= 0.6 is 0 Å². The summed E-state index contributed by atoms with van der Waals surface area (Å²) in [5.74, 6) is 1.98. The largest absolute Gasteiger partial charge is 0.457 e. The van der Waals surface area contributed by atoms with Gasteiger partial charge in [0.2, 0.25) is 5.91 Å². The number of ether oxygens (including phenoxy) is 1. The first kappa shape index (κ1) is 19.4. The van der Waals surface area contributed by atoms with Crippen molar-refractivity contribution >= 4 is 11.6 Å². The molecule has 0 aliphatic heterocycles. The Labute approximate surface area is 173 Å². The van der Waals surface area contributed by atoms with Crippen LogP contribution < -0.4 is 10.1 Å². The van der Waals surface area contributed by atoms with Crippen molar-refractivity contribution in [3.8, 4) is 22.8 Å². The van der Waals surface area contributed by atoms with Crippen molar-refractivity contribution in [1.82, 2.24) is 4.98 Å². The average molecular weight is 402 g/mol. The topological polar surface area (TPSA) is 64.4 Å². The van der Waals surface area contributed by atoms with E-state index in [-0.39, 0.29) is 18.1 Å². The van der Waals surface area contributed by atoms with Gasteiger partial charge in [-0.25, -0.2) is 9.37 Å². The van der Waals surface area contributed by atoms with E-state index in [1.54, 1.807) is 42.6 Å². The van der Waals surface area contributed by atoms with Crippen LogP contribution in [0, 0.1) is 5.82 Å². The lowest BCUT2D eigenvalue weighted by Crippen LogP contribution is -2.12. The number of halogens is 1. The zero-order chi connectivity index (χ0) is 20.8. The van der Waals surface area contributed by atoms with E-state index in [4.69, 9.17) is 9.15 Å². The van der Waals surface area contributed by atoms with Crippen LogP contribution in [-0.4, -0.2) is 10.9 Å². The van der Waals surface area contributed by atoms with Gasteiger partial charge in [0, 0.05) is 24.1 Å². The van der Waals surface area contributed by atoms with Crippen molar-refractivity contribution in [2.45, 2.75) is 12.8 Å². The molecule has 0 radical (unpaired) electrons. The number of benzene rings is 3. The zero-order valence-corrected chi connectivity index (χ0v) is 16.0. The summed E-state index contributed by atoms with van der Waals surface area (Å²) < 4.78 is 24.4. The van der Waals surface area contributed by atoms with Crippen molar-refractivity contribution in [1.29, 1.82) is 0 Å². The van der Waals surface area contributed by atoms with Gasteiger partial charge in [0.1, 0.15) is 17.3 Å². The minimum Gasteiger partial charge on any atom is -0.457 e. The van der Waals surface area contributed by atoms with E-state index in [2.05, 4.69) is 10.3 Å². The third-order valence-corrected chi connectivity index (χ3v) is 4.37. The highest BCUT2D eigenvalue weighted by Crippen LogP contribution is 2.23. The van der Waals surface area contributed by atoms with Crippen LogP contribution in [0.5, 0.6) is 11.5 Å². The van der Waals surface area contributed by atoms with Crippen LogP contribution in [0.1, 0.15) is 12.3 Å². The summed E-state index contributed by atoms with van der Waals surface area (Å²) in [6.07, 6.45) is 2.17. The van der Waals surface area contributed by atoms with E-state index in [0.29, 0.717) is 29.5 Å². The van der Waals surface area contributed by atoms with Gasteiger partial charge in [-0.05, 0) is 60.7 Å². The van der Waals surface area contributed by atoms with E-state index >= 15 is 0 Å². The van der Waals surface area contributed by atoms with Crippen LogP contribution in [0.2, 0.25) is 0 Å². The van der Waals surface area contributed by atoms with Crippen LogP contribution in [0.4, 0.5) is 10.1 Å². The molecule has 1 amide bonds. The van der Waals surface area contributed by atoms with Gasteiger partial charge in [-0.2, -0.15) is 0 Å². The van der Waals surface area contributed by atoms with E-state index < -0.39 is 0 Å². The Kier molecular flexibility index (Phi) is 5.85.